The molecule has 0 radical (unpaired) electrons. The fourth-order valence-electron chi connectivity index (χ4n) is 1.02. The zero-order valence-electron chi connectivity index (χ0n) is 8.50. The highest BCUT2D eigenvalue weighted by Gasteiger charge is 2.17. The highest BCUT2D eigenvalue weighted by atomic mass is 32.1. The first kappa shape index (κ1) is 10.9. The van der Waals surface area contributed by atoms with Crippen LogP contribution in [-0.2, 0) is 0 Å². The van der Waals surface area contributed by atoms with Gasteiger partial charge < -0.3 is 0 Å². The first-order valence-corrected chi connectivity index (χ1v) is 5.19. The Labute approximate surface area is 87.7 Å². The van der Waals surface area contributed by atoms with Gasteiger partial charge in [-0.2, -0.15) is 0 Å². The second kappa shape index (κ2) is 4.87. The van der Waals surface area contributed by atoms with Gasteiger partial charge >= 0.3 is 0 Å². The monoisotopic (exact) mass is 208 g/mol. The van der Waals surface area contributed by atoms with Crippen LogP contribution in [-0.4, -0.2) is 15.4 Å². The molecule has 1 aromatic heterocycles. The van der Waals surface area contributed by atoms with Gasteiger partial charge in [0, 0.05) is 0 Å². The second-order valence-electron chi connectivity index (χ2n) is 3.17. The van der Waals surface area contributed by atoms with Crippen LogP contribution in [0.15, 0.2) is 0 Å². The lowest BCUT2D eigenvalue weighted by atomic mass is 10.1. The summed E-state index contributed by atoms with van der Waals surface area (Å²) in [6.45, 7) is 5.72. The Balaban J connectivity index is 2.87. The van der Waals surface area contributed by atoms with E-state index in [-0.39, 0.29) is 18.1 Å². The minimum Gasteiger partial charge on any atom is -0.292 e. The van der Waals surface area contributed by atoms with Crippen molar-refractivity contribution in [1.29, 1.82) is 0 Å². The topological polar surface area (TPSA) is 42.9 Å². The molecule has 4 heteroatoms. The highest BCUT2D eigenvalue weighted by Crippen LogP contribution is 2.20. The molecule has 0 unspecified atom stereocenters. The normalized spacial score (nSPS) is 9.71. The molecular weight excluding hydrogens is 196 g/mol. The summed E-state index contributed by atoms with van der Waals surface area (Å²) in [5.41, 5.74) is 0.790. The van der Waals surface area contributed by atoms with Gasteiger partial charge in [0.05, 0.1) is 12.1 Å². The van der Waals surface area contributed by atoms with Crippen molar-refractivity contribution in [3.8, 4) is 11.8 Å². The average molecular weight is 208 g/mol. The van der Waals surface area contributed by atoms with Crippen LogP contribution < -0.4 is 0 Å². The summed E-state index contributed by atoms with van der Waals surface area (Å²) in [6, 6.07) is 0. The van der Waals surface area contributed by atoms with Crippen LogP contribution in [0.4, 0.5) is 0 Å². The van der Waals surface area contributed by atoms with Crippen molar-refractivity contribution in [2.75, 3.05) is 0 Å². The molecule has 1 heterocycles. The molecule has 3 nitrogen and oxygen atoms in total. The molecule has 1 rings (SSSR count). The van der Waals surface area contributed by atoms with Crippen LogP contribution in [0.3, 0.4) is 0 Å². The molecule has 0 amide bonds. The van der Waals surface area contributed by atoms with E-state index in [0.717, 1.165) is 17.2 Å². The molecule has 0 atom stereocenters. The standard InChI is InChI=1S/C10H12N2OS/c1-4-5-6-8(13)10-9(7(2)3)11-12-14-10/h7H,6H2,1-3H3. The fraction of sp³-hybridized carbons (Fsp3) is 0.500. The van der Waals surface area contributed by atoms with Gasteiger partial charge in [-0.05, 0) is 24.4 Å². The zero-order valence-corrected chi connectivity index (χ0v) is 9.31. The van der Waals surface area contributed by atoms with Gasteiger partial charge in [0.1, 0.15) is 4.88 Å². The van der Waals surface area contributed by atoms with Gasteiger partial charge in [-0.3, -0.25) is 4.79 Å². The lowest BCUT2D eigenvalue weighted by molar-refractivity contribution is 0.100. The predicted molar refractivity (Wildman–Crippen MR) is 56.4 cm³/mol. The van der Waals surface area contributed by atoms with E-state index >= 15 is 0 Å². The predicted octanol–water partition coefficient (Wildman–Crippen LogP) is 2.26. The third-order valence-electron chi connectivity index (χ3n) is 1.74. The summed E-state index contributed by atoms with van der Waals surface area (Å²) < 4.78 is 3.80. The third-order valence-corrected chi connectivity index (χ3v) is 2.52. The van der Waals surface area contributed by atoms with E-state index in [1.54, 1.807) is 6.92 Å². The molecule has 0 aliphatic carbocycles. The summed E-state index contributed by atoms with van der Waals surface area (Å²) >= 11 is 1.16. The molecular formula is C10H12N2OS. The molecule has 1 aromatic rings. The number of carbonyl (C=O) groups excluding carboxylic acids is 1. The summed E-state index contributed by atoms with van der Waals surface area (Å²) in [5, 5.41) is 3.94. The first-order valence-electron chi connectivity index (χ1n) is 4.41. The summed E-state index contributed by atoms with van der Waals surface area (Å²) in [7, 11) is 0. The number of nitrogens with zero attached hydrogens (tertiary/aromatic N) is 2. The summed E-state index contributed by atoms with van der Waals surface area (Å²) in [6.07, 6.45) is 0.264. The van der Waals surface area contributed by atoms with Crippen molar-refractivity contribution in [1.82, 2.24) is 9.59 Å². The van der Waals surface area contributed by atoms with Crippen molar-refractivity contribution in [3.63, 3.8) is 0 Å². The maximum absolute atomic E-state index is 11.6. The minimum absolute atomic E-state index is 0.0260. The molecule has 0 fully saturated rings. The minimum atomic E-state index is 0.0260. The van der Waals surface area contributed by atoms with Gasteiger partial charge in [-0.15, -0.1) is 11.0 Å². The molecule has 0 saturated heterocycles. The Morgan fingerprint density at radius 1 is 1.57 bits per heavy atom. The van der Waals surface area contributed by atoms with Gasteiger partial charge in [-0.25, -0.2) is 0 Å². The lowest BCUT2D eigenvalue weighted by Crippen LogP contribution is -2.01. The Morgan fingerprint density at radius 2 is 2.29 bits per heavy atom. The molecule has 14 heavy (non-hydrogen) atoms. The van der Waals surface area contributed by atoms with E-state index in [4.69, 9.17) is 0 Å². The fourth-order valence-corrected chi connectivity index (χ4v) is 1.77. The van der Waals surface area contributed by atoms with E-state index in [2.05, 4.69) is 21.4 Å². The summed E-state index contributed by atoms with van der Waals surface area (Å²) in [4.78, 5) is 12.3. The van der Waals surface area contributed by atoms with Crippen molar-refractivity contribution in [2.24, 2.45) is 0 Å². The van der Waals surface area contributed by atoms with Crippen LogP contribution in [0.5, 0.6) is 0 Å². The van der Waals surface area contributed by atoms with Crippen LogP contribution in [0.1, 0.15) is 48.5 Å². The van der Waals surface area contributed by atoms with Gasteiger partial charge in [0.2, 0.25) is 0 Å². The summed E-state index contributed by atoms with van der Waals surface area (Å²) in [5.74, 6) is 5.72. The zero-order chi connectivity index (χ0) is 10.6. The van der Waals surface area contributed by atoms with E-state index < -0.39 is 0 Å². The van der Waals surface area contributed by atoms with Crippen LogP contribution in [0.2, 0.25) is 0 Å². The number of carbonyl (C=O) groups is 1. The highest BCUT2D eigenvalue weighted by molar-refractivity contribution is 7.08. The molecule has 0 aliphatic heterocycles. The van der Waals surface area contributed by atoms with Crippen LogP contribution in [0, 0.1) is 11.8 Å². The maximum atomic E-state index is 11.6. The SMILES string of the molecule is CC#CCC(=O)c1snnc1C(C)C. The smallest absolute Gasteiger partial charge is 0.188 e. The molecule has 74 valence electrons. The number of rotatable bonds is 3. The molecule has 0 bridgehead atoms. The Kier molecular flexibility index (Phi) is 3.78. The Morgan fingerprint density at radius 3 is 2.86 bits per heavy atom. The second-order valence-corrected chi connectivity index (χ2v) is 3.92. The van der Waals surface area contributed by atoms with E-state index in [1.165, 1.54) is 0 Å². The third kappa shape index (κ3) is 2.39. The van der Waals surface area contributed by atoms with Crippen molar-refractivity contribution < 1.29 is 4.79 Å². The van der Waals surface area contributed by atoms with Crippen molar-refractivity contribution >= 4 is 17.3 Å². The van der Waals surface area contributed by atoms with Crippen molar-refractivity contribution in [2.45, 2.75) is 33.1 Å². The Hall–Kier alpha value is -1.21. The lowest BCUT2D eigenvalue weighted by Gasteiger charge is -2.00. The number of ketones is 1. The first-order chi connectivity index (χ1) is 6.66. The van der Waals surface area contributed by atoms with E-state index in [0.29, 0.717) is 4.88 Å². The number of Topliss-reactive ketones (excluding diaryl/α,β-unsaturated/α-hetero) is 1. The van der Waals surface area contributed by atoms with Crippen LogP contribution in [0.25, 0.3) is 0 Å². The number of hydrogen-bond acceptors (Lipinski definition) is 4. The quantitative estimate of drug-likeness (QED) is 0.565. The van der Waals surface area contributed by atoms with E-state index in [9.17, 15) is 4.79 Å². The van der Waals surface area contributed by atoms with Crippen LogP contribution >= 0.6 is 11.5 Å². The molecule has 0 spiro atoms. The van der Waals surface area contributed by atoms with Crippen molar-refractivity contribution in [3.05, 3.63) is 10.6 Å². The molecule has 0 saturated carbocycles. The molecule has 0 aliphatic rings. The molecule has 0 N–H and O–H groups in total. The van der Waals surface area contributed by atoms with Gasteiger partial charge in [-0.1, -0.05) is 24.3 Å². The van der Waals surface area contributed by atoms with Gasteiger partial charge in [0.25, 0.3) is 0 Å². The van der Waals surface area contributed by atoms with E-state index in [1.807, 2.05) is 13.8 Å². The largest absolute Gasteiger partial charge is 0.292 e. The maximum Gasteiger partial charge on any atom is 0.188 e. The Bertz CT molecular complexity index is 384. The molecule has 0 aromatic carbocycles. The number of aromatic nitrogens is 2. The average Bonchev–Trinajstić information content (AvgIpc) is 2.62. The van der Waals surface area contributed by atoms with Gasteiger partial charge in [0.15, 0.2) is 5.78 Å². The number of hydrogen-bond donors (Lipinski definition) is 0.